The number of carboxylic acid groups (broad SMARTS) is 2. The topological polar surface area (TPSA) is 80.3 Å². The Balaban J connectivity index is -0.000000245. The van der Waals surface area contributed by atoms with Crippen LogP contribution in [0, 0.1) is 0 Å². The van der Waals surface area contributed by atoms with Crippen molar-refractivity contribution in [1.29, 1.82) is 0 Å². The van der Waals surface area contributed by atoms with Crippen LogP contribution in [0.1, 0.15) is 12.8 Å². The quantitative estimate of drug-likeness (QED) is 0.387. The SMILES string of the molecule is O=C([O-])CCC(=O)[O-].[Au+].[Au+]. The minimum absolute atomic E-state index is 0. The Hall–Kier alpha value is 0.421. The van der Waals surface area contributed by atoms with Gasteiger partial charge in [0.25, 0.3) is 0 Å². The Kier molecular flexibility index (Phi) is 15.8. The first-order valence-electron chi connectivity index (χ1n) is 2.02. The van der Waals surface area contributed by atoms with Gasteiger partial charge in [-0.1, -0.05) is 0 Å². The molecule has 0 spiro atoms. The fourth-order valence-electron chi connectivity index (χ4n) is 0.204. The maximum absolute atomic E-state index is 9.50. The zero-order valence-corrected chi connectivity index (χ0v) is 8.98. The summed E-state index contributed by atoms with van der Waals surface area (Å²) in [6.07, 6.45) is -0.940. The van der Waals surface area contributed by atoms with E-state index in [4.69, 9.17) is 0 Å². The molecule has 0 aromatic rings. The summed E-state index contributed by atoms with van der Waals surface area (Å²) in [6.45, 7) is 0. The molecule has 0 N–H and O–H groups in total. The van der Waals surface area contributed by atoms with Crippen LogP contribution in [0.15, 0.2) is 0 Å². The summed E-state index contributed by atoms with van der Waals surface area (Å²) < 4.78 is 0. The predicted molar refractivity (Wildman–Crippen MR) is 19.2 cm³/mol. The summed E-state index contributed by atoms with van der Waals surface area (Å²) in [5, 5.41) is 19.0. The first-order valence-corrected chi connectivity index (χ1v) is 2.02. The van der Waals surface area contributed by atoms with Crippen molar-refractivity contribution in [3.8, 4) is 0 Å². The molecular formula is C4H4Au2O4. The van der Waals surface area contributed by atoms with E-state index in [9.17, 15) is 19.8 Å². The normalized spacial score (nSPS) is 6.80. The van der Waals surface area contributed by atoms with Gasteiger partial charge in [-0.25, -0.2) is 0 Å². The molecule has 0 heterocycles. The van der Waals surface area contributed by atoms with Gasteiger partial charge >= 0.3 is 44.8 Å². The minimum atomic E-state index is -1.37. The molecule has 6 heteroatoms. The van der Waals surface area contributed by atoms with Crippen molar-refractivity contribution < 1.29 is 64.6 Å². The summed E-state index contributed by atoms with van der Waals surface area (Å²) >= 11 is 0. The maximum atomic E-state index is 9.50. The van der Waals surface area contributed by atoms with E-state index in [1.165, 1.54) is 0 Å². The van der Waals surface area contributed by atoms with Crippen LogP contribution in [0.4, 0.5) is 0 Å². The van der Waals surface area contributed by atoms with Crippen molar-refractivity contribution in [2.24, 2.45) is 0 Å². The largest absolute Gasteiger partial charge is 1.00 e. The molecule has 10 heavy (non-hydrogen) atoms. The van der Waals surface area contributed by atoms with Crippen LogP contribution in [0.2, 0.25) is 0 Å². The van der Waals surface area contributed by atoms with Gasteiger partial charge in [0.15, 0.2) is 0 Å². The molecule has 0 aromatic carbocycles. The van der Waals surface area contributed by atoms with Crippen LogP contribution >= 0.6 is 0 Å². The Morgan fingerprint density at radius 2 is 1.10 bits per heavy atom. The first-order chi connectivity index (χ1) is 3.63. The molecular weight excluding hydrogens is 506 g/mol. The van der Waals surface area contributed by atoms with E-state index in [0.29, 0.717) is 0 Å². The summed E-state index contributed by atoms with van der Waals surface area (Å²) in [5.41, 5.74) is 0. The molecule has 0 amide bonds. The maximum Gasteiger partial charge on any atom is 1.00 e. The second-order valence-corrected chi connectivity index (χ2v) is 1.24. The molecule has 0 unspecified atom stereocenters. The molecule has 0 atom stereocenters. The summed E-state index contributed by atoms with van der Waals surface area (Å²) in [7, 11) is 0. The molecule has 66 valence electrons. The van der Waals surface area contributed by atoms with Crippen molar-refractivity contribution in [2.45, 2.75) is 12.8 Å². The molecule has 4 nitrogen and oxygen atoms in total. The molecule has 0 saturated carbocycles. The fourth-order valence-corrected chi connectivity index (χ4v) is 0.204. The van der Waals surface area contributed by atoms with Gasteiger partial charge in [-0.15, -0.1) is 0 Å². The second kappa shape index (κ2) is 9.42. The van der Waals surface area contributed by atoms with Crippen molar-refractivity contribution in [3.05, 3.63) is 0 Å². The van der Waals surface area contributed by atoms with Gasteiger partial charge in [0.05, 0.1) is 0 Å². The third-order valence-corrected chi connectivity index (χ3v) is 0.533. The molecule has 0 saturated heterocycles. The third-order valence-electron chi connectivity index (χ3n) is 0.533. The van der Waals surface area contributed by atoms with Gasteiger partial charge in [0.1, 0.15) is 0 Å². The fraction of sp³-hybridized carbons (Fsp3) is 0.500. The number of carbonyl (C=O) groups excluding carboxylic acids is 2. The minimum Gasteiger partial charge on any atom is -0.550 e. The third kappa shape index (κ3) is 15.8. The molecule has 0 aliphatic heterocycles. The number of rotatable bonds is 3. The Labute approximate surface area is 89.0 Å². The summed E-state index contributed by atoms with van der Waals surface area (Å²) in [6, 6.07) is 0. The summed E-state index contributed by atoms with van der Waals surface area (Å²) in [5.74, 6) is -2.73. The number of aliphatic carboxylic acids is 2. The van der Waals surface area contributed by atoms with E-state index in [0.717, 1.165) is 0 Å². The Morgan fingerprint density at radius 3 is 1.20 bits per heavy atom. The van der Waals surface area contributed by atoms with Gasteiger partial charge < -0.3 is 19.8 Å². The Morgan fingerprint density at radius 1 is 0.900 bits per heavy atom. The van der Waals surface area contributed by atoms with E-state index in [1.807, 2.05) is 0 Å². The monoisotopic (exact) mass is 510 g/mol. The van der Waals surface area contributed by atoms with Gasteiger partial charge in [0.2, 0.25) is 0 Å². The molecule has 0 rings (SSSR count). The van der Waals surface area contributed by atoms with Gasteiger partial charge in [0, 0.05) is 11.9 Å². The van der Waals surface area contributed by atoms with E-state index >= 15 is 0 Å². The zero-order valence-electron chi connectivity index (χ0n) is 4.65. The van der Waals surface area contributed by atoms with Crippen LogP contribution < -0.4 is 10.2 Å². The van der Waals surface area contributed by atoms with Crippen LogP contribution in [0.3, 0.4) is 0 Å². The smallest absolute Gasteiger partial charge is 0.550 e. The molecule has 0 aliphatic rings. The number of hydrogen-bond donors (Lipinski definition) is 0. The summed E-state index contributed by atoms with van der Waals surface area (Å²) in [4.78, 5) is 19.0. The number of hydrogen-bond acceptors (Lipinski definition) is 4. The van der Waals surface area contributed by atoms with E-state index in [1.54, 1.807) is 0 Å². The molecule has 0 bridgehead atoms. The van der Waals surface area contributed by atoms with E-state index in [2.05, 4.69) is 0 Å². The molecule has 0 radical (unpaired) electrons. The molecule has 0 aromatic heterocycles. The van der Waals surface area contributed by atoms with E-state index < -0.39 is 24.8 Å². The average Bonchev–Trinajstić information content (AvgIpc) is 1.61. The number of carboxylic acids is 2. The van der Waals surface area contributed by atoms with Crippen molar-refractivity contribution in [1.82, 2.24) is 0 Å². The zero-order chi connectivity index (χ0) is 6.57. The Bertz CT molecular complexity index is 99.8. The van der Waals surface area contributed by atoms with Gasteiger partial charge in [-0.05, 0) is 12.8 Å². The second-order valence-electron chi connectivity index (χ2n) is 1.24. The molecule has 0 fully saturated rings. The van der Waals surface area contributed by atoms with Crippen molar-refractivity contribution in [2.75, 3.05) is 0 Å². The predicted octanol–water partition coefficient (Wildman–Crippen LogP) is -2.74. The standard InChI is InChI=1S/C4H6O4.2Au/c5-3(6)1-2-4(7)8;;/h1-2H2,(H,5,6)(H,7,8);;/q;2*+1/p-2. The van der Waals surface area contributed by atoms with E-state index in [-0.39, 0.29) is 44.8 Å². The van der Waals surface area contributed by atoms with Crippen LogP contribution in [-0.4, -0.2) is 11.9 Å². The van der Waals surface area contributed by atoms with Crippen molar-refractivity contribution in [3.63, 3.8) is 0 Å². The van der Waals surface area contributed by atoms with Crippen LogP contribution in [-0.2, 0) is 54.3 Å². The van der Waals surface area contributed by atoms with Gasteiger partial charge in [-0.3, -0.25) is 0 Å². The first kappa shape index (κ1) is 16.8. The molecule has 0 aliphatic carbocycles. The van der Waals surface area contributed by atoms with Gasteiger partial charge in [-0.2, -0.15) is 0 Å². The number of carbonyl (C=O) groups is 2. The van der Waals surface area contributed by atoms with Crippen LogP contribution in [0.25, 0.3) is 0 Å². The average molecular weight is 510 g/mol. The van der Waals surface area contributed by atoms with Crippen molar-refractivity contribution >= 4 is 11.9 Å². The van der Waals surface area contributed by atoms with Crippen LogP contribution in [0.5, 0.6) is 0 Å².